The minimum Gasteiger partial charge on any atom is -0.492 e. The quantitative estimate of drug-likeness (QED) is 0.519. The number of rotatable bonds is 0. The van der Waals surface area contributed by atoms with Crippen molar-refractivity contribution in [2.75, 3.05) is 0 Å². The molecule has 1 rings (SSSR count). The highest BCUT2D eigenvalue weighted by Gasteiger charge is 2.46. The van der Waals surface area contributed by atoms with Crippen LogP contribution >= 0.6 is 37.2 Å². The monoisotopic (exact) mass is 408 g/mol. The van der Waals surface area contributed by atoms with E-state index in [9.17, 15) is 0 Å². The van der Waals surface area contributed by atoms with E-state index in [-0.39, 0.29) is 11.0 Å². The molecule has 0 spiro atoms. The van der Waals surface area contributed by atoms with Crippen LogP contribution in [0.1, 0.15) is 41.5 Å². The minimum absolute atomic E-state index is 0.0405. The van der Waals surface area contributed by atoms with Crippen molar-refractivity contribution in [3.8, 4) is 0 Å². The van der Waals surface area contributed by atoms with Crippen LogP contribution < -0.4 is 0 Å². The van der Waals surface area contributed by atoms with Gasteiger partial charge in [0.1, 0.15) is 5.60 Å². The molecule has 0 bridgehead atoms. The molecule has 3 heteroatoms. The van der Waals surface area contributed by atoms with Crippen molar-refractivity contribution in [1.29, 1.82) is 0 Å². The summed E-state index contributed by atoms with van der Waals surface area (Å²) in [4.78, 5) is 0. The van der Waals surface area contributed by atoms with Crippen LogP contribution in [0.3, 0.4) is 0 Å². The second kappa shape index (κ2) is 4.68. The van der Waals surface area contributed by atoms with Crippen molar-refractivity contribution in [2.45, 2.75) is 47.1 Å². The van der Waals surface area contributed by atoms with Crippen LogP contribution in [-0.4, -0.2) is 5.60 Å². The molecule has 1 heterocycles. The molecule has 0 aliphatic carbocycles. The van der Waals surface area contributed by atoms with Crippen molar-refractivity contribution < 1.29 is 4.74 Å². The van der Waals surface area contributed by atoms with Crippen LogP contribution in [0, 0.1) is 5.41 Å². The molecule has 1 aliphatic heterocycles. The molecule has 0 saturated carbocycles. The number of hydrogen-bond acceptors (Lipinski definition) is 1. The average molecular weight is 408 g/mol. The molecule has 1 nitrogen and oxygen atoms in total. The molecular weight excluding hydrogens is 390 g/mol. The maximum atomic E-state index is 5.76. The molecule has 0 N–H and O–H groups in total. The van der Waals surface area contributed by atoms with Crippen LogP contribution in [0.2, 0.25) is 0 Å². The zero-order chi connectivity index (χ0) is 10.9. The molecule has 0 saturated heterocycles. The second-order valence-corrected chi connectivity index (χ2v) is 4.42. The molecule has 0 aromatic rings. The second-order valence-electron chi connectivity index (χ2n) is 4.42. The van der Waals surface area contributed by atoms with E-state index in [0.717, 1.165) is 5.76 Å². The molecule has 0 atom stereocenters. The SMILES string of the molecule is CC1=C(C)C(C)(C)C(C)(C)O1.II. The summed E-state index contributed by atoms with van der Waals surface area (Å²) < 4.78 is 5.76. The Bertz CT molecular complexity index is 217. The van der Waals surface area contributed by atoms with Gasteiger partial charge in [0.2, 0.25) is 0 Å². The van der Waals surface area contributed by atoms with Crippen molar-refractivity contribution in [2.24, 2.45) is 5.41 Å². The third-order valence-electron chi connectivity index (χ3n) is 3.38. The first kappa shape index (κ1) is 14.0. The molecule has 0 radical (unpaired) electrons. The number of hydrogen-bond donors (Lipinski definition) is 0. The first-order valence-electron chi connectivity index (χ1n) is 4.30. The summed E-state index contributed by atoms with van der Waals surface area (Å²) in [6.07, 6.45) is 0. The first-order chi connectivity index (χ1) is 5.79. The zero-order valence-corrected chi connectivity index (χ0v) is 13.5. The molecular formula is C10H18I2O. The largest absolute Gasteiger partial charge is 0.492 e. The molecule has 0 aromatic heterocycles. The van der Waals surface area contributed by atoms with Gasteiger partial charge in [-0.2, -0.15) is 0 Å². The lowest BCUT2D eigenvalue weighted by molar-refractivity contribution is -0.00761. The molecule has 0 aromatic carbocycles. The van der Waals surface area contributed by atoms with E-state index in [1.165, 1.54) is 5.57 Å². The normalized spacial score (nSPS) is 23.4. The number of halogens is 2. The van der Waals surface area contributed by atoms with Gasteiger partial charge in [-0.05, 0) is 33.3 Å². The molecule has 0 unspecified atom stereocenters. The maximum absolute atomic E-state index is 5.76. The molecule has 13 heavy (non-hydrogen) atoms. The first-order valence-corrected chi connectivity index (χ1v) is 10.6. The van der Waals surface area contributed by atoms with Gasteiger partial charge in [-0.3, -0.25) is 0 Å². The van der Waals surface area contributed by atoms with Crippen LogP contribution in [0.4, 0.5) is 0 Å². The highest BCUT2D eigenvalue weighted by Crippen LogP contribution is 2.48. The van der Waals surface area contributed by atoms with Gasteiger partial charge in [0, 0.05) is 42.6 Å². The smallest absolute Gasteiger partial charge is 0.112 e. The predicted octanol–water partition coefficient (Wildman–Crippen LogP) is 4.89. The van der Waals surface area contributed by atoms with Crippen LogP contribution in [0.25, 0.3) is 0 Å². The van der Waals surface area contributed by atoms with E-state index in [1.807, 2.05) is 6.92 Å². The fourth-order valence-corrected chi connectivity index (χ4v) is 1.48. The van der Waals surface area contributed by atoms with Crippen LogP contribution in [0.5, 0.6) is 0 Å². The molecule has 0 fully saturated rings. The minimum atomic E-state index is -0.0405. The summed E-state index contributed by atoms with van der Waals surface area (Å²) >= 11 is 4.24. The number of allylic oxidation sites excluding steroid dienone is 1. The predicted molar refractivity (Wildman–Crippen MR) is 75.4 cm³/mol. The third kappa shape index (κ3) is 2.52. The molecule has 0 amide bonds. The van der Waals surface area contributed by atoms with Crippen LogP contribution in [-0.2, 0) is 4.74 Å². The number of ether oxygens (including phenoxy) is 1. The van der Waals surface area contributed by atoms with Gasteiger partial charge < -0.3 is 4.74 Å². The summed E-state index contributed by atoms with van der Waals surface area (Å²) in [7, 11) is 0. The Morgan fingerprint density at radius 2 is 1.38 bits per heavy atom. The van der Waals surface area contributed by atoms with Crippen molar-refractivity contribution in [3.05, 3.63) is 11.3 Å². The molecule has 78 valence electrons. The third-order valence-corrected chi connectivity index (χ3v) is 3.38. The summed E-state index contributed by atoms with van der Waals surface area (Å²) in [6.45, 7) is 13.0. The van der Waals surface area contributed by atoms with E-state index in [2.05, 4.69) is 71.9 Å². The van der Waals surface area contributed by atoms with Gasteiger partial charge in [-0.25, -0.2) is 0 Å². The fraction of sp³-hybridized carbons (Fsp3) is 0.800. The van der Waals surface area contributed by atoms with Crippen molar-refractivity contribution in [1.82, 2.24) is 0 Å². The van der Waals surface area contributed by atoms with E-state index < -0.39 is 0 Å². The Hall–Kier alpha value is 1.00. The lowest BCUT2D eigenvalue weighted by atomic mass is 9.74. The lowest BCUT2D eigenvalue weighted by Crippen LogP contribution is -2.36. The van der Waals surface area contributed by atoms with Gasteiger partial charge in [-0.15, -0.1) is 0 Å². The van der Waals surface area contributed by atoms with Crippen LogP contribution in [0.15, 0.2) is 11.3 Å². The summed E-state index contributed by atoms with van der Waals surface area (Å²) in [5, 5.41) is 0. The Labute approximate surface area is 105 Å². The highest BCUT2D eigenvalue weighted by molar-refractivity contribution is 15.0. The maximum Gasteiger partial charge on any atom is 0.112 e. The van der Waals surface area contributed by atoms with E-state index >= 15 is 0 Å². The summed E-state index contributed by atoms with van der Waals surface area (Å²) in [5.74, 6) is 1.10. The van der Waals surface area contributed by atoms with Gasteiger partial charge in [0.15, 0.2) is 0 Å². The molecule has 1 aliphatic rings. The van der Waals surface area contributed by atoms with E-state index in [4.69, 9.17) is 4.74 Å². The Kier molecular flexibility index (Phi) is 5.04. The van der Waals surface area contributed by atoms with Gasteiger partial charge in [0.25, 0.3) is 0 Å². The van der Waals surface area contributed by atoms with Gasteiger partial charge >= 0.3 is 0 Å². The Morgan fingerprint density at radius 3 is 1.46 bits per heavy atom. The highest BCUT2D eigenvalue weighted by atomic mass is 128. The average Bonchev–Trinajstić information content (AvgIpc) is 2.16. The lowest BCUT2D eigenvalue weighted by Gasteiger charge is -2.34. The van der Waals surface area contributed by atoms with E-state index in [0.29, 0.717) is 0 Å². The van der Waals surface area contributed by atoms with Gasteiger partial charge in [-0.1, -0.05) is 13.8 Å². The Balaban J connectivity index is 0.000000671. The zero-order valence-electron chi connectivity index (χ0n) is 9.16. The van der Waals surface area contributed by atoms with Crippen molar-refractivity contribution in [3.63, 3.8) is 0 Å². The van der Waals surface area contributed by atoms with E-state index in [1.54, 1.807) is 0 Å². The summed E-state index contributed by atoms with van der Waals surface area (Å²) in [6, 6.07) is 0. The Morgan fingerprint density at radius 1 is 1.00 bits per heavy atom. The topological polar surface area (TPSA) is 9.23 Å². The van der Waals surface area contributed by atoms with Crippen molar-refractivity contribution >= 4 is 37.2 Å². The van der Waals surface area contributed by atoms with Gasteiger partial charge in [0.05, 0.1) is 5.76 Å². The standard InChI is InChI=1S/C10H18O.I2/c1-7-8(2)11-10(5,6)9(7,3)4;1-2/h1-6H3;. The fourth-order valence-electron chi connectivity index (χ4n) is 1.48. The summed E-state index contributed by atoms with van der Waals surface area (Å²) in [5.41, 5.74) is 1.51.